The van der Waals surface area contributed by atoms with Gasteiger partial charge in [0.2, 0.25) is 0 Å². The minimum absolute atomic E-state index is 0. The van der Waals surface area contributed by atoms with Gasteiger partial charge in [-0.05, 0) is 121 Å². The van der Waals surface area contributed by atoms with E-state index in [1.807, 2.05) is 182 Å². The van der Waals surface area contributed by atoms with E-state index < -0.39 is 0 Å². The Balaban J connectivity index is -0.0000000703. The SMILES string of the molecule is Cl.Cl.Cl.Cl.Cl.Cl.Cl.Cl.Cl.Cl.c1ccncc1.c1ccncc1.c1ccncc1.c1ccncc1.c1ccncc1.c1ccncc1.c1ccncc1.c1ccncc1.c1ccncc1.c1ccncc1. The molecule has 0 aromatic carbocycles. The Bertz CT molecular complexity index is 1320. The fourth-order valence-corrected chi connectivity index (χ4v) is 3.13. The lowest BCUT2D eigenvalue weighted by Gasteiger charge is -1.70. The summed E-state index contributed by atoms with van der Waals surface area (Å²) in [7, 11) is 0. The summed E-state index contributed by atoms with van der Waals surface area (Å²) in [6.45, 7) is 0. The lowest BCUT2D eigenvalue weighted by atomic mass is 10.5. The predicted molar refractivity (Wildman–Crippen MR) is 315 cm³/mol. The van der Waals surface area contributed by atoms with Gasteiger partial charge in [-0.3, -0.25) is 49.8 Å². The first-order valence-electron chi connectivity index (χ1n) is 18.5. The number of halogens is 10. The van der Waals surface area contributed by atoms with E-state index in [1.54, 1.807) is 124 Å². The van der Waals surface area contributed by atoms with Gasteiger partial charge in [-0.1, -0.05) is 60.7 Å². The summed E-state index contributed by atoms with van der Waals surface area (Å²) in [5.41, 5.74) is 0. The summed E-state index contributed by atoms with van der Waals surface area (Å²) in [6, 6.07) is 57.2. The molecule has 0 amide bonds. The molecule has 0 N–H and O–H groups in total. The van der Waals surface area contributed by atoms with Crippen molar-refractivity contribution in [3.05, 3.63) is 306 Å². The van der Waals surface area contributed by atoms with E-state index >= 15 is 0 Å². The van der Waals surface area contributed by atoms with E-state index in [0.717, 1.165) is 0 Å². The van der Waals surface area contributed by atoms with Crippen molar-refractivity contribution in [1.29, 1.82) is 0 Å². The second kappa shape index (κ2) is 83.4. The predicted octanol–water partition coefficient (Wildman–Crippen LogP) is 15.0. The maximum Gasteiger partial charge on any atom is 0.0267 e. The Hall–Kier alpha value is -5.60. The van der Waals surface area contributed by atoms with Gasteiger partial charge in [-0.25, -0.2) is 0 Å². The molecule has 10 heterocycles. The quantitative estimate of drug-likeness (QED) is 0.145. The van der Waals surface area contributed by atoms with Crippen molar-refractivity contribution < 1.29 is 0 Å². The zero-order valence-corrected chi connectivity index (χ0v) is 45.6. The fourth-order valence-electron chi connectivity index (χ4n) is 3.13. The molecule has 0 aliphatic heterocycles. The summed E-state index contributed by atoms with van der Waals surface area (Å²) in [5.74, 6) is 0. The average molecular weight is 1160 g/mol. The first-order chi connectivity index (χ1) is 30.0. The molecule has 0 aliphatic rings. The number of rotatable bonds is 0. The van der Waals surface area contributed by atoms with Crippen LogP contribution in [0.1, 0.15) is 0 Å². The number of hydrogen-bond acceptors (Lipinski definition) is 10. The van der Waals surface area contributed by atoms with E-state index in [9.17, 15) is 0 Å². The lowest BCUT2D eigenvalue weighted by Crippen LogP contribution is -1.58. The van der Waals surface area contributed by atoms with Crippen LogP contribution in [0.3, 0.4) is 0 Å². The summed E-state index contributed by atoms with van der Waals surface area (Å²) < 4.78 is 0. The molecule has 70 heavy (non-hydrogen) atoms. The molecule has 0 bridgehead atoms. The van der Waals surface area contributed by atoms with Crippen LogP contribution in [0.5, 0.6) is 0 Å². The Morgan fingerprint density at radius 3 is 0.157 bits per heavy atom. The van der Waals surface area contributed by atoms with Crippen molar-refractivity contribution >= 4 is 124 Å². The largest absolute Gasteiger partial charge is 0.265 e. The van der Waals surface area contributed by atoms with Crippen LogP contribution < -0.4 is 0 Å². The van der Waals surface area contributed by atoms with Crippen LogP contribution in [0.2, 0.25) is 0 Å². The molecule has 380 valence electrons. The first-order valence-corrected chi connectivity index (χ1v) is 18.5. The van der Waals surface area contributed by atoms with Crippen molar-refractivity contribution in [2.75, 3.05) is 0 Å². The molecule has 10 nitrogen and oxygen atoms in total. The van der Waals surface area contributed by atoms with Crippen molar-refractivity contribution in [3.63, 3.8) is 0 Å². The highest BCUT2D eigenvalue weighted by atomic mass is 35.5. The van der Waals surface area contributed by atoms with Crippen LogP contribution in [0.25, 0.3) is 0 Å². The van der Waals surface area contributed by atoms with Gasteiger partial charge in [0.1, 0.15) is 0 Å². The smallest absolute Gasteiger partial charge is 0.0267 e. The number of aromatic nitrogens is 10. The topological polar surface area (TPSA) is 129 Å². The third kappa shape index (κ3) is 79.5. The van der Waals surface area contributed by atoms with E-state index in [0.29, 0.717) is 0 Å². The highest BCUT2D eigenvalue weighted by Crippen LogP contribution is 1.79. The van der Waals surface area contributed by atoms with Crippen molar-refractivity contribution in [3.8, 4) is 0 Å². The molecule has 10 aromatic heterocycles. The Morgan fingerprint density at radius 2 is 0.143 bits per heavy atom. The van der Waals surface area contributed by atoms with Gasteiger partial charge in [0.15, 0.2) is 0 Å². The van der Waals surface area contributed by atoms with Crippen LogP contribution in [-0.2, 0) is 0 Å². The Labute approximate surface area is 476 Å². The molecule has 0 saturated heterocycles. The normalized spacial score (nSPS) is 6.86. The summed E-state index contributed by atoms with van der Waals surface area (Å²) >= 11 is 0. The van der Waals surface area contributed by atoms with Crippen LogP contribution in [-0.4, -0.2) is 49.8 Å². The molecule has 10 aromatic rings. The molecular weight excluding hydrogens is 1100 g/mol. The minimum Gasteiger partial charge on any atom is -0.265 e. The summed E-state index contributed by atoms with van der Waals surface area (Å²) in [5, 5.41) is 0. The number of hydrogen-bond donors (Lipinski definition) is 0. The number of nitrogens with zero attached hydrogens (tertiary/aromatic N) is 10. The first kappa shape index (κ1) is 87.5. The average Bonchev–Trinajstić information content (AvgIpc) is 3.41. The van der Waals surface area contributed by atoms with E-state index in [1.165, 1.54) is 0 Å². The molecule has 0 radical (unpaired) electrons. The molecule has 10 rings (SSSR count). The maximum atomic E-state index is 3.78. The second-order valence-corrected chi connectivity index (χ2v) is 10.2. The van der Waals surface area contributed by atoms with Gasteiger partial charge in [0, 0.05) is 124 Å². The molecule has 0 atom stereocenters. The van der Waals surface area contributed by atoms with Crippen LogP contribution in [0.15, 0.2) is 306 Å². The van der Waals surface area contributed by atoms with E-state index in [4.69, 9.17) is 0 Å². The minimum atomic E-state index is 0. The van der Waals surface area contributed by atoms with Crippen molar-refractivity contribution in [2.24, 2.45) is 0 Å². The fraction of sp³-hybridized carbons (Fsp3) is 0. The molecular formula is C50H60Cl10N10. The van der Waals surface area contributed by atoms with Gasteiger partial charge < -0.3 is 0 Å². The maximum absolute atomic E-state index is 3.78. The van der Waals surface area contributed by atoms with Crippen molar-refractivity contribution in [2.45, 2.75) is 0 Å². The molecule has 0 spiro atoms. The zero-order valence-electron chi connectivity index (χ0n) is 37.4. The monoisotopic (exact) mass is 1150 g/mol. The third-order valence-electron chi connectivity index (χ3n) is 5.66. The Morgan fingerprint density at radius 1 is 0.0857 bits per heavy atom. The zero-order chi connectivity index (χ0) is 42.4. The van der Waals surface area contributed by atoms with E-state index in [-0.39, 0.29) is 124 Å². The van der Waals surface area contributed by atoms with Gasteiger partial charge in [-0.15, -0.1) is 124 Å². The van der Waals surface area contributed by atoms with Gasteiger partial charge >= 0.3 is 0 Å². The molecule has 0 saturated carbocycles. The second-order valence-electron chi connectivity index (χ2n) is 10.2. The van der Waals surface area contributed by atoms with Crippen LogP contribution in [0.4, 0.5) is 0 Å². The third-order valence-corrected chi connectivity index (χ3v) is 5.66. The van der Waals surface area contributed by atoms with Gasteiger partial charge in [0.25, 0.3) is 0 Å². The lowest BCUT2D eigenvalue weighted by molar-refractivity contribution is 1.33. The molecule has 0 fully saturated rings. The van der Waals surface area contributed by atoms with Crippen molar-refractivity contribution in [1.82, 2.24) is 49.8 Å². The highest BCUT2D eigenvalue weighted by molar-refractivity contribution is 5.86. The molecule has 0 unspecified atom stereocenters. The van der Waals surface area contributed by atoms with Crippen LogP contribution in [0, 0.1) is 0 Å². The molecule has 20 heteroatoms. The molecule has 0 aliphatic carbocycles. The summed E-state index contributed by atoms with van der Waals surface area (Å²) in [4.78, 5) is 37.8. The van der Waals surface area contributed by atoms with Gasteiger partial charge in [0.05, 0.1) is 0 Å². The Kier molecular flexibility index (Phi) is 104. The van der Waals surface area contributed by atoms with Gasteiger partial charge in [-0.2, -0.15) is 0 Å². The van der Waals surface area contributed by atoms with E-state index in [2.05, 4.69) is 49.8 Å². The standard InChI is InChI=1S/10C5H5N.10ClH/c10*1-2-4-6-5-3-1;;;;;;;;;;/h10*1-5H;10*1H. The van der Waals surface area contributed by atoms with Crippen LogP contribution >= 0.6 is 124 Å². The summed E-state index contributed by atoms with van der Waals surface area (Å²) in [6.07, 6.45) is 35.0. The number of pyridine rings is 10. The highest BCUT2D eigenvalue weighted by Gasteiger charge is 1.63.